The van der Waals surface area contributed by atoms with Crippen LogP contribution in [0.3, 0.4) is 0 Å². The third-order valence-electron chi connectivity index (χ3n) is 5.98. The van der Waals surface area contributed by atoms with Gasteiger partial charge in [0, 0.05) is 5.41 Å². The normalized spacial score (nSPS) is 40.3. The molecule has 3 aliphatic carbocycles. The van der Waals surface area contributed by atoms with Crippen molar-refractivity contribution in [3.8, 4) is 0 Å². The van der Waals surface area contributed by atoms with Crippen molar-refractivity contribution in [2.45, 2.75) is 40.5 Å². The van der Waals surface area contributed by atoms with Crippen molar-refractivity contribution in [2.75, 3.05) is 0 Å². The zero-order valence-electron chi connectivity index (χ0n) is 12.9. The van der Waals surface area contributed by atoms with E-state index in [1.54, 1.807) is 0 Å². The van der Waals surface area contributed by atoms with Crippen molar-refractivity contribution in [1.82, 2.24) is 0 Å². The highest BCUT2D eigenvalue weighted by molar-refractivity contribution is 6.05. The van der Waals surface area contributed by atoms with Gasteiger partial charge in [-0.3, -0.25) is 4.79 Å². The second kappa shape index (κ2) is 4.31. The SMILES string of the molecule is CC1C=CC=C(/C=C2/C(=O)C3(C)CCC2C3(C)C)C=C1. The molecule has 3 rings (SSSR count). The molecular formula is C19H24O. The van der Waals surface area contributed by atoms with E-state index in [1.165, 1.54) is 0 Å². The molecule has 0 amide bonds. The van der Waals surface area contributed by atoms with Crippen LogP contribution in [0.15, 0.2) is 47.6 Å². The van der Waals surface area contributed by atoms with Crippen LogP contribution in [0.4, 0.5) is 0 Å². The number of hydrogen-bond donors (Lipinski definition) is 0. The molecule has 2 saturated carbocycles. The van der Waals surface area contributed by atoms with E-state index in [2.05, 4.69) is 64.2 Å². The molecule has 0 aliphatic heterocycles. The molecule has 1 nitrogen and oxygen atoms in total. The summed E-state index contributed by atoms with van der Waals surface area (Å²) in [4.78, 5) is 12.8. The van der Waals surface area contributed by atoms with Crippen LogP contribution in [0.1, 0.15) is 40.5 Å². The van der Waals surface area contributed by atoms with Gasteiger partial charge in [-0.15, -0.1) is 0 Å². The predicted octanol–water partition coefficient (Wildman–Crippen LogP) is 4.63. The van der Waals surface area contributed by atoms with E-state index in [0.717, 1.165) is 24.0 Å². The predicted molar refractivity (Wildman–Crippen MR) is 83.2 cm³/mol. The van der Waals surface area contributed by atoms with E-state index >= 15 is 0 Å². The topological polar surface area (TPSA) is 17.1 Å². The lowest BCUT2D eigenvalue weighted by atomic mass is 9.70. The molecule has 3 atom stereocenters. The van der Waals surface area contributed by atoms with Crippen LogP contribution in [0.2, 0.25) is 0 Å². The number of Topliss-reactive ketones (excluding diaryl/α,β-unsaturated/α-hetero) is 1. The summed E-state index contributed by atoms with van der Waals surface area (Å²) >= 11 is 0. The summed E-state index contributed by atoms with van der Waals surface area (Å²) in [5, 5.41) is 0. The summed E-state index contributed by atoms with van der Waals surface area (Å²) in [6, 6.07) is 0. The van der Waals surface area contributed by atoms with Gasteiger partial charge in [0.25, 0.3) is 0 Å². The van der Waals surface area contributed by atoms with Gasteiger partial charge in [-0.2, -0.15) is 0 Å². The molecule has 2 bridgehead atoms. The fourth-order valence-electron chi connectivity index (χ4n) is 4.09. The average Bonchev–Trinajstić information content (AvgIpc) is 2.60. The minimum atomic E-state index is -0.151. The lowest BCUT2D eigenvalue weighted by Gasteiger charge is -2.31. The Labute approximate surface area is 122 Å². The van der Waals surface area contributed by atoms with E-state index < -0.39 is 0 Å². The molecule has 2 fully saturated rings. The summed E-state index contributed by atoms with van der Waals surface area (Å²) in [6.07, 6.45) is 15.1. The first kappa shape index (κ1) is 13.6. The maximum absolute atomic E-state index is 12.8. The molecule has 3 aliphatic rings. The van der Waals surface area contributed by atoms with E-state index in [4.69, 9.17) is 0 Å². The monoisotopic (exact) mass is 268 g/mol. The van der Waals surface area contributed by atoms with Gasteiger partial charge < -0.3 is 0 Å². The van der Waals surface area contributed by atoms with Crippen molar-refractivity contribution in [1.29, 1.82) is 0 Å². The molecule has 0 radical (unpaired) electrons. The summed E-state index contributed by atoms with van der Waals surface area (Å²) in [5.74, 6) is 1.28. The summed E-state index contributed by atoms with van der Waals surface area (Å²) in [5.41, 5.74) is 2.17. The van der Waals surface area contributed by atoms with Crippen molar-refractivity contribution < 1.29 is 4.79 Å². The first-order valence-corrected chi connectivity index (χ1v) is 7.69. The smallest absolute Gasteiger partial charge is 0.165 e. The van der Waals surface area contributed by atoms with Crippen LogP contribution in [-0.2, 0) is 4.79 Å². The van der Waals surface area contributed by atoms with Gasteiger partial charge in [0.2, 0.25) is 0 Å². The van der Waals surface area contributed by atoms with E-state index in [-0.39, 0.29) is 10.8 Å². The molecule has 0 aromatic rings. The lowest BCUT2D eigenvalue weighted by Crippen LogP contribution is -2.32. The Balaban J connectivity index is 1.99. The Bertz CT molecular complexity index is 571. The zero-order chi connectivity index (χ0) is 14.5. The third-order valence-corrected chi connectivity index (χ3v) is 5.98. The Kier molecular flexibility index (Phi) is 2.93. The molecule has 1 heteroatoms. The minimum absolute atomic E-state index is 0.105. The van der Waals surface area contributed by atoms with Gasteiger partial charge in [-0.25, -0.2) is 0 Å². The largest absolute Gasteiger partial charge is 0.294 e. The minimum Gasteiger partial charge on any atom is -0.294 e. The first-order chi connectivity index (χ1) is 9.36. The van der Waals surface area contributed by atoms with Crippen molar-refractivity contribution in [2.24, 2.45) is 22.7 Å². The molecule has 0 spiro atoms. The number of hydrogen-bond acceptors (Lipinski definition) is 1. The highest BCUT2D eigenvalue weighted by Gasteiger charge is 2.63. The van der Waals surface area contributed by atoms with Crippen LogP contribution < -0.4 is 0 Å². The molecule has 3 unspecified atom stereocenters. The van der Waals surface area contributed by atoms with E-state index in [0.29, 0.717) is 17.6 Å². The molecule has 106 valence electrons. The lowest BCUT2D eigenvalue weighted by molar-refractivity contribution is -0.125. The number of ketones is 1. The quantitative estimate of drug-likeness (QED) is 0.634. The Morgan fingerprint density at radius 3 is 2.65 bits per heavy atom. The summed E-state index contributed by atoms with van der Waals surface area (Å²) in [6.45, 7) is 8.87. The second-order valence-corrected chi connectivity index (χ2v) is 7.34. The van der Waals surface area contributed by atoms with Gasteiger partial charge >= 0.3 is 0 Å². The van der Waals surface area contributed by atoms with Gasteiger partial charge in [0.1, 0.15) is 0 Å². The maximum atomic E-state index is 12.8. The molecule has 0 aromatic heterocycles. The van der Waals surface area contributed by atoms with E-state index in [1.807, 2.05) is 0 Å². The number of rotatable bonds is 1. The Hall–Kier alpha value is -1.37. The van der Waals surface area contributed by atoms with Gasteiger partial charge in [0.05, 0.1) is 0 Å². The molecule has 0 N–H and O–H groups in total. The van der Waals surface area contributed by atoms with Gasteiger partial charge in [0.15, 0.2) is 5.78 Å². The Morgan fingerprint density at radius 1 is 1.25 bits per heavy atom. The molecule has 0 heterocycles. The van der Waals surface area contributed by atoms with Gasteiger partial charge in [-0.1, -0.05) is 58.1 Å². The van der Waals surface area contributed by atoms with E-state index in [9.17, 15) is 4.79 Å². The highest BCUT2D eigenvalue weighted by atomic mass is 16.1. The fraction of sp³-hybridized carbons (Fsp3) is 0.526. The Morgan fingerprint density at radius 2 is 2.00 bits per heavy atom. The standard InChI is InChI=1S/C19H24O/c1-13-6-5-7-14(9-8-13)12-15-16-10-11-19(4,17(15)20)18(16,2)3/h5-9,12-13,16H,10-11H2,1-4H3/b15-12+. The van der Waals surface area contributed by atoms with Crippen LogP contribution >= 0.6 is 0 Å². The average molecular weight is 268 g/mol. The molecule has 20 heavy (non-hydrogen) atoms. The molecular weight excluding hydrogens is 244 g/mol. The highest BCUT2D eigenvalue weighted by Crippen LogP contribution is 2.65. The number of allylic oxidation sites excluding steroid dienone is 8. The van der Waals surface area contributed by atoms with Crippen LogP contribution in [0.5, 0.6) is 0 Å². The maximum Gasteiger partial charge on any atom is 0.165 e. The van der Waals surface area contributed by atoms with Crippen LogP contribution in [-0.4, -0.2) is 5.78 Å². The number of carbonyl (C=O) groups is 1. The zero-order valence-corrected chi connectivity index (χ0v) is 12.9. The van der Waals surface area contributed by atoms with Crippen molar-refractivity contribution >= 4 is 5.78 Å². The number of fused-ring (bicyclic) bond motifs is 2. The van der Waals surface area contributed by atoms with Crippen LogP contribution in [0.25, 0.3) is 0 Å². The summed E-state index contributed by atoms with van der Waals surface area (Å²) in [7, 11) is 0. The number of carbonyl (C=O) groups excluding carboxylic acids is 1. The summed E-state index contributed by atoms with van der Waals surface area (Å²) < 4.78 is 0. The van der Waals surface area contributed by atoms with Crippen LogP contribution in [0, 0.1) is 22.7 Å². The van der Waals surface area contributed by atoms with Gasteiger partial charge in [-0.05, 0) is 47.3 Å². The second-order valence-electron chi connectivity index (χ2n) is 7.34. The fourth-order valence-corrected chi connectivity index (χ4v) is 4.09. The van der Waals surface area contributed by atoms with Crippen molar-refractivity contribution in [3.63, 3.8) is 0 Å². The molecule has 0 aromatic carbocycles. The van der Waals surface area contributed by atoms with Crippen molar-refractivity contribution in [3.05, 3.63) is 47.6 Å². The molecule has 0 saturated heterocycles. The third kappa shape index (κ3) is 1.72. The first-order valence-electron chi connectivity index (χ1n) is 7.69.